The van der Waals surface area contributed by atoms with Crippen molar-refractivity contribution in [2.75, 3.05) is 18.4 Å². The first-order valence-corrected chi connectivity index (χ1v) is 10.6. The molecule has 1 atom stereocenters. The van der Waals surface area contributed by atoms with E-state index >= 15 is 0 Å². The number of benzene rings is 1. The van der Waals surface area contributed by atoms with E-state index in [1.807, 2.05) is 6.07 Å². The Hall–Kier alpha value is -2.28. The van der Waals surface area contributed by atoms with E-state index in [9.17, 15) is 9.59 Å². The van der Waals surface area contributed by atoms with Crippen LogP contribution < -0.4 is 5.32 Å². The third-order valence-electron chi connectivity index (χ3n) is 4.78. The Morgan fingerprint density at radius 1 is 1.15 bits per heavy atom. The summed E-state index contributed by atoms with van der Waals surface area (Å²) < 4.78 is 0. The van der Waals surface area contributed by atoms with Gasteiger partial charge in [-0.25, -0.2) is 0 Å². The van der Waals surface area contributed by atoms with Crippen molar-refractivity contribution in [2.24, 2.45) is 0 Å². The minimum absolute atomic E-state index is 0.00937. The average Bonchev–Trinajstić information content (AvgIpc) is 3.33. The lowest BCUT2D eigenvalue weighted by Gasteiger charge is -2.34. The van der Waals surface area contributed by atoms with Crippen molar-refractivity contribution in [3.8, 4) is 0 Å². The molecule has 1 aromatic carbocycles. The van der Waals surface area contributed by atoms with Gasteiger partial charge < -0.3 is 5.32 Å². The van der Waals surface area contributed by atoms with Crippen molar-refractivity contribution in [2.45, 2.75) is 19.4 Å². The van der Waals surface area contributed by atoms with Crippen LogP contribution in [0.1, 0.15) is 38.6 Å². The molecule has 0 radical (unpaired) electrons. The highest BCUT2D eigenvalue weighted by Crippen LogP contribution is 2.39. The van der Waals surface area contributed by atoms with Gasteiger partial charge in [0.2, 0.25) is 5.91 Å². The normalized spacial score (nSPS) is 16.7. The predicted octanol–water partition coefficient (Wildman–Crippen LogP) is 4.60. The number of nitrogens with one attached hydrogen (secondary N) is 1. The minimum atomic E-state index is -0.0593. The van der Waals surface area contributed by atoms with Crippen molar-refractivity contribution in [1.82, 2.24) is 4.90 Å². The molecule has 4 nitrogen and oxygen atoms in total. The second-order valence-corrected chi connectivity index (χ2v) is 8.60. The number of hydrogen-bond acceptors (Lipinski definition) is 5. The molecular formula is C21H20N2O2S2. The Morgan fingerprint density at radius 2 is 2.04 bits per heavy atom. The van der Waals surface area contributed by atoms with Crippen molar-refractivity contribution in [3.63, 3.8) is 0 Å². The summed E-state index contributed by atoms with van der Waals surface area (Å²) in [6.07, 6.45) is 0.974. The maximum absolute atomic E-state index is 12.7. The number of rotatable bonds is 5. The number of anilines is 1. The molecule has 0 fully saturated rings. The largest absolute Gasteiger partial charge is 0.325 e. The zero-order valence-electron chi connectivity index (χ0n) is 15.0. The smallest absolute Gasteiger partial charge is 0.238 e. The Balaban J connectivity index is 1.52. The lowest BCUT2D eigenvalue weighted by atomic mass is 9.98. The average molecular weight is 397 g/mol. The maximum Gasteiger partial charge on any atom is 0.238 e. The van der Waals surface area contributed by atoms with Crippen LogP contribution in [-0.2, 0) is 11.2 Å². The van der Waals surface area contributed by atoms with E-state index in [4.69, 9.17) is 0 Å². The molecule has 1 aliphatic heterocycles. The van der Waals surface area contributed by atoms with Crippen LogP contribution in [0.4, 0.5) is 5.69 Å². The molecule has 27 heavy (non-hydrogen) atoms. The van der Waals surface area contributed by atoms with E-state index in [1.54, 1.807) is 40.9 Å². The lowest BCUT2D eigenvalue weighted by molar-refractivity contribution is -0.117. The van der Waals surface area contributed by atoms with Crippen molar-refractivity contribution in [1.29, 1.82) is 0 Å². The van der Waals surface area contributed by atoms with Gasteiger partial charge in [0.15, 0.2) is 5.78 Å². The summed E-state index contributed by atoms with van der Waals surface area (Å²) in [5, 5.41) is 7.17. The standard InChI is InChI=1S/C21H20N2O2S2/c1-14(24)15-4-2-5-16(12-15)22-20(25)13-23-9-7-18-17(8-11-27-18)21(23)19-6-3-10-26-19/h2-6,8,10-12,21H,7,9,13H2,1H3,(H,22,25). The Bertz CT molecular complexity index is 962. The molecule has 4 rings (SSSR count). The first-order valence-electron chi connectivity index (χ1n) is 8.86. The van der Waals surface area contributed by atoms with E-state index in [1.165, 1.54) is 22.2 Å². The van der Waals surface area contributed by atoms with Gasteiger partial charge in [-0.05, 0) is 53.9 Å². The zero-order valence-corrected chi connectivity index (χ0v) is 16.6. The number of hydrogen-bond donors (Lipinski definition) is 1. The van der Waals surface area contributed by atoms with Crippen LogP contribution in [0.3, 0.4) is 0 Å². The fourth-order valence-electron chi connectivity index (χ4n) is 3.52. The van der Waals surface area contributed by atoms with E-state index in [-0.39, 0.29) is 17.7 Å². The van der Waals surface area contributed by atoms with Gasteiger partial charge in [0.05, 0.1) is 12.6 Å². The van der Waals surface area contributed by atoms with E-state index in [2.05, 4.69) is 39.2 Å². The van der Waals surface area contributed by atoms with E-state index in [0.717, 1.165) is 13.0 Å². The molecule has 0 saturated carbocycles. The molecule has 138 valence electrons. The molecule has 0 saturated heterocycles. The van der Waals surface area contributed by atoms with Crippen molar-refractivity contribution in [3.05, 3.63) is 74.1 Å². The van der Waals surface area contributed by atoms with Crippen LogP contribution in [0, 0.1) is 0 Å². The SMILES string of the molecule is CC(=O)c1cccc(NC(=O)CN2CCc3sccc3C2c2cccs2)c1. The summed E-state index contributed by atoms with van der Waals surface area (Å²) in [7, 11) is 0. The number of nitrogens with zero attached hydrogens (tertiary/aromatic N) is 1. The quantitative estimate of drug-likeness (QED) is 0.641. The van der Waals surface area contributed by atoms with Gasteiger partial charge in [0, 0.05) is 27.5 Å². The minimum Gasteiger partial charge on any atom is -0.325 e. The van der Waals surface area contributed by atoms with Gasteiger partial charge in [0.1, 0.15) is 0 Å². The van der Waals surface area contributed by atoms with Crippen LogP contribution in [0.5, 0.6) is 0 Å². The first-order chi connectivity index (χ1) is 13.1. The van der Waals surface area contributed by atoms with Gasteiger partial charge in [-0.3, -0.25) is 14.5 Å². The summed E-state index contributed by atoms with van der Waals surface area (Å²) in [5.41, 5.74) is 2.58. The van der Waals surface area contributed by atoms with Crippen LogP contribution >= 0.6 is 22.7 Å². The monoisotopic (exact) mass is 396 g/mol. The second-order valence-electron chi connectivity index (χ2n) is 6.62. The van der Waals surface area contributed by atoms with Crippen LogP contribution in [-0.4, -0.2) is 29.7 Å². The fraction of sp³-hybridized carbons (Fsp3) is 0.238. The van der Waals surface area contributed by atoms with Gasteiger partial charge in [0.25, 0.3) is 0 Å². The van der Waals surface area contributed by atoms with Crippen LogP contribution in [0.25, 0.3) is 0 Å². The lowest BCUT2D eigenvalue weighted by Crippen LogP contribution is -2.40. The molecule has 1 amide bonds. The third-order valence-corrected chi connectivity index (χ3v) is 6.70. The number of amides is 1. The van der Waals surface area contributed by atoms with Gasteiger partial charge in [-0.1, -0.05) is 18.2 Å². The number of fused-ring (bicyclic) bond motifs is 1. The fourth-order valence-corrected chi connectivity index (χ4v) is 5.30. The molecule has 2 aromatic heterocycles. The second kappa shape index (κ2) is 7.76. The van der Waals surface area contributed by atoms with E-state index < -0.39 is 0 Å². The van der Waals surface area contributed by atoms with Crippen molar-refractivity contribution < 1.29 is 9.59 Å². The number of carbonyl (C=O) groups is 2. The molecule has 0 aliphatic carbocycles. The molecule has 1 aliphatic rings. The predicted molar refractivity (Wildman–Crippen MR) is 111 cm³/mol. The zero-order chi connectivity index (χ0) is 18.8. The molecule has 1 unspecified atom stereocenters. The summed E-state index contributed by atoms with van der Waals surface area (Å²) in [6.45, 7) is 2.71. The molecule has 0 bridgehead atoms. The number of ketones is 1. The molecule has 0 spiro atoms. The Kier molecular flexibility index (Phi) is 5.20. The highest BCUT2D eigenvalue weighted by Gasteiger charge is 2.31. The van der Waals surface area contributed by atoms with Gasteiger partial charge in [-0.15, -0.1) is 22.7 Å². The topological polar surface area (TPSA) is 49.4 Å². The highest BCUT2D eigenvalue weighted by molar-refractivity contribution is 7.10. The summed E-state index contributed by atoms with van der Waals surface area (Å²) >= 11 is 3.53. The highest BCUT2D eigenvalue weighted by atomic mass is 32.1. The first kappa shape index (κ1) is 18.1. The summed E-state index contributed by atoms with van der Waals surface area (Å²) in [4.78, 5) is 29.2. The van der Waals surface area contributed by atoms with Crippen LogP contribution in [0.15, 0.2) is 53.2 Å². The molecule has 1 N–H and O–H groups in total. The van der Waals surface area contributed by atoms with E-state index in [0.29, 0.717) is 17.8 Å². The maximum atomic E-state index is 12.7. The van der Waals surface area contributed by atoms with Gasteiger partial charge in [-0.2, -0.15) is 0 Å². The van der Waals surface area contributed by atoms with Gasteiger partial charge >= 0.3 is 0 Å². The number of thiophene rings is 2. The third kappa shape index (κ3) is 3.88. The molecular weight excluding hydrogens is 376 g/mol. The molecule has 6 heteroatoms. The van der Waals surface area contributed by atoms with Crippen molar-refractivity contribution >= 4 is 40.1 Å². The summed E-state index contributed by atoms with van der Waals surface area (Å²) in [6, 6.07) is 13.6. The Morgan fingerprint density at radius 3 is 2.81 bits per heavy atom. The molecule has 3 heterocycles. The summed E-state index contributed by atoms with van der Waals surface area (Å²) in [5.74, 6) is -0.0687. The van der Waals surface area contributed by atoms with Crippen LogP contribution in [0.2, 0.25) is 0 Å². The number of Topliss-reactive ketones (excluding diaryl/α,β-unsaturated/α-hetero) is 1. The Labute approximate surface area is 166 Å². The molecule has 3 aromatic rings. The number of carbonyl (C=O) groups excluding carboxylic acids is 2.